The number of pyridine rings is 1. The molecule has 0 aliphatic rings. The lowest BCUT2D eigenvalue weighted by molar-refractivity contribution is 0.0975. The number of benzene rings is 2. The average Bonchev–Trinajstić information content (AvgIpc) is 2.65. The van der Waals surface area contributed by atoms with Gasteiger partial charge in [-0.05, 0) is 17.7 Å². The molecule has 0 saturated carbocycles. The molecule has 3 N–H and O–H groups in total. The molecule has 1 atom stereocenters. The number of aromatic nitrogens is 1. The molecule has 5 nitrogen and oxygen atoms in total. The molecule has 0 amide bonds. The van der Waals surface area contributed by atoms with E-state index in [4.69, 9.17) is 5.73 Å². The minimum Gasteiger partial charge on any atom is -0.506 e. The smallest absolute Gasteiger partial charge is 0.265 e. The van der Waals surface area contributed by atoms with E-state index in [9.17, 15) is 14.7 Å². The predicted molar refractivity (Wildman–Crippen MR) is 103 cm³/mol. The van der Waals surface area contributed by atoms with Gasteiger partial charge in [0.1, 0.15) is 11.3 Å². The van der Waals surface area contributed by atoms with Crippen LogP contribution in [0.5, 0.6) is 5.75 Å². The molecule has 0 spiro atoms. The summed E-state index contributed by atoms with van der Waals surface area (Å²) in [4.78, 5) is 25.1. The van der Waals surface area contributed by atoms with E-state index >= 15 is 0 Å². The predicted octanol–water partition coefficient (Wildman–Crippen LogP) is 2.86. The zero-order valence-corrected chi connectivity index (χ0v) is 14.4. The fraction of sp³-hybridized carbons (Fsp3) is 0.143. The minimum absolute atomic E-state index is 0.0650. The van der Waals surface area contributed by atoms with E-state index in [-0.39, 0.29) is 17.7 Å². The lowest BCUT2D eigenvalue weighted by Crippen LogP contribution is -2.28. The molecule has 3 aromatic rings. The summed E-state index contributed by atoms with van der Waals surface area (Å²) in [6, 6.07) is 15.9. The van der Waals surface area contributed by atoms with Crippen molar-refractivity contribution in [3.8, 4) is 5.75 Å². The molecule has 0 radical (unpaired) electrons. The zero-order chi connectivity index (χ0) is 18.7. The van der Waals surface area contributed by atoms with E-state index in [1.807, 2.05) is 36.4 Å². The van der Waals surface area contributed by atoms with Crippen LogP contribution in [0.15, 0.2) is 65.5 Å². The molecular weight excluding hydrogens is 328 g/mol. The molecule has 0 aliphatic heterocycles. The van der Waals surface area contributed by atoms with Crippen LogP contribution in [0.3, 0.4) is 0 Å². The van der Waals surface area contributed by atoms with Crippen molar-refractivity contribution in [2.75, 3.05) is 0 Å². The summed E-state index contributed by atoms with van der Waals surface area (Å²) < 4.78 is 1.37. The van der Waals surface area contributed by atoms with Crippen molar-refractivity contribution in [2.45, 2.75) is 12.5 Å². The van der Waals surface area contributed by atoms with Gasteiger partial charge in [-0.3, -0.25) is 9.59 Å². The van der Waals surface area contributed by atoms with Crippen molar-refractivity contribution in [3.05, 3.63) is 82.2 Å². The number of hydrogen-bond acceptors (Lipinski definition) is 4. The van der Waals surface area contributed by atoms with Gasteiger partial charge in [0, 0.05) is 24.9 Å². The van der Waals surface area contributed by atoms with Crippen LogP contribution in [-0.4, -0.2) is 21.5 Å². The molecule has 1 unspecified atom stereocenters. The standard InChI is InChI=1S/C21H20N2O3/c1-23-17-10-6-5-9-16(17)20(25)19(21(23)26)18(24)13-15(22)12-11-14-7-3-2-4-8-14/h2-12,15,25H,13,22H2,1H3. The van der Waals surface area contributed by atoms with Gasteiger partial charge in [0.05, 0.1) is 5.52 Å². The summed E-state index contributed by atoms with van der Waals surface area (Å²) in [6.07, 6.45) is 3.48. The maximum absolute atomic E-state index is 12.6. The van der Waals surface area contributed by atoms with Crippen molar-refractivity contribution in [3.63, 3.8) is 0 Å². The SMILES string of the molecule is Cn1c(=O)c(C(=O)CC(N)C=Cc2ccccc2)c(O)c2ccccc21. The first-order valence-electron chi connectivity index (χ1n) is 8.31. The lowest BCUT2D eigenvalue weighted by Gasteiger charge is -2.12. The third-order valence-electron chi connectivity index (χ3n) is 4.31. The van der Waals surface area contributed by atoms with E-state index in [0.717, 1.165) is 5.56 Å². The second-order valence-electron chi connectivity index (χ2n) is 6.17. The molecule has 0 aliphatic carbocycles. The Labute approximate surface area is 151 Å². The van der Waals surface area contributed by atoms with Crippen LogP contribution >= 0.6 is 0 Å². The summed E-state index contributed by atoms with van der Waals surface area (Å²) in [6.45, 7) is 0. The van der Waals surface area contributed by atoms with Gasteiger partial charge in [-0.2, -0.15) is 0 Å². The summed E-state index contributed by atoms with van der Waals surface area (Å²) in [5, 5.41) is 10.9. The minimum atomic E-state index is -0.557. The van der Waals surface area contributed by atoms with Crippen LogP contribution in [0.2, 0.25) is 0 Å². The van der Waals surface area contributed by atoms with Gasteiger partial charge >= 0.3 is 0 Å². The highest BCUT2D eigenvalue weighted by molar-refractivity contribution is 6.03. The lowest BCUT2D eigenvalue weighted by atomic mass is 10.0. The maximum Gasteiger partial charge on any atom is 0.265 e. The largest absolute Gasteiger partial charge is 0.506 e. The Morgan fingerprint density at radius 1 is 1.15 bits per heavy atom. The number of fused-ring (bicyclic) bond motifs is 1. The Morgan fingerprint density at radius 2 is 1.81 bits per heavy atom. The molecule has 1 heterocycles. The monoisotopic (exact) mass is 348 g/mol. The van der Waals surface area contributed by atoms with Gasteiger partial charge in [0.25, 0.3) is 5.56 Å². The third-order valence-corrected chi connectivity index (χ3v) is 4.31. The number of ketones is 1. The average molecular weight is 348 g/mol. The number of para-hydroxylation sites is 1. The van der Waals surface area contributed by atoms with Crippen molar-refractivity contribution in [2.24, 2.45) is 12.8 Å². The molecule has 0 bridgehead atoms. The summed E-state index contributed by atoms with van der Waals surface area (Å²) >= 11 is 0. The number of aromatic hydroxyl groups is 1. The first kappa shape index (κ1) is 17.6. The summed E-state index contributed by atoms with van der Waals surface area (Å²) in [5.74, 6) is -0.757. The number of aryl methyl sites for hydroxylation is 1. The number of rotatable bonds is 5. The highest BCUT2D eigenvalue weighted by Crippen LogP contribution is 2.26. The van der Waals surface area contributed by atoms with Crippen molar-refractivity contribution in [1.29, 1.82) is 0 Å². The van der Waals surface area contributed by atoms with E-state index in [1.165, 1.54) is 4.57 Å². The van der Waals surface area contributed by atoms with E-state index < -0.39 is 17.4 Å². The molecular formula is C21H20N2O3. The van der Waals surface area contributed by atoms with Gasteiger partial charge < -0.3 is 15.4 Å². The van der Waals surface area contributed by atoms with Gasteiger partial charge in [-0.1, -0.05) is 54.6 Å². The molecule has 0 saturated heterocycles. The maximum atomic E-state index is 12.6. The Bertz CT molecular complexity index is 1040. The second-order valence-corrected chi connectivity index (χ2v) is 6.17. The van der Waals surface area contributed by atoms with Crippen LogP contribution in [0.25, 0.3) is 17.0 Å². The topological polar surface area (TPSA) is 85.3 Å². The fourth-order valence-electron chi connectivity index (χ4n) is 2.91. The number of carbonyl (C=O) groups is 1. The second kappa shape index (κ2) is 7.37. The number of nitrogens with two attached hydrogens (primary N) is 1. The van der Waals surface area contributed by atoms with Crippen molar-refractivity contribution < 1.29 is 9.90 Å². The Morgan fingerprint density at radius 3 is 2.54 bits per heavy atom. The fourth-order valence-corrected chi connectivity index (χ4v) is 2.91. The van der Waals surface area contributed by atoms with Crippen LogP contribution < -0.4 is 11.3 Å². The molecule has 0 fully saturated rings. The molecule has 132 valence electrons. The van der Waals surface area contributed by atoms with Gasteiger partial charge in [0.2, 0.25) is 0 Å². The summed E-state index contributed by atoms with van der Waals surface area (Å²) in [5.41, 5.74) is 6.82. The normalized spacial score (nSPS) is 12.5. The number of Topliss-reactive ketones (excluding diaryl/α,β-unsaturated/α-hetero) is 1. The quantitative estimate of drug-likeness (QED) is 0.694. The zero-order valence-electron chi connectivity index (χ0n) is 14.4. The molecule has 3 rings (SSSR count). The number of carbonyl (C=O) groups excluding carboxylic acids is 1. The highest BCUT2D eigenvalue weighted by Gasteiger charge is 2.21. The first-order valence-corrected chi connectivity index (χ1v) is 8.31. The molecule has 2 aromatic carbocycles. The molecule has 1 aromatic heterocycles. The van der Waals surface area contributed by atoms with Crippen LogP contribution in [-0.2, 0) is 7.05 Å². The van der Waals surface area contributed by atoms with E-state index in [1.54, 1.807) is 37.4 Å². The Kier molecular flexibility index (Phi) is 5.00. The van der Waals surface area contributed by atoms with Gasteiger partial charge in [-0.25, -0.2) is 0 Å². The van der Waals surface area contributed by atoms with E-state index in [2.05, 4.69) is 0 Å². The van der Waals surface area contributed by atoms with Crippen molar-refractivity contribution in [1.82, 2.24) is 4.57 Å². The van der Waals surface area contributed by atoms with Gasteiger partial charge in [0.15, 0.2) is 5.78 Å². The summed E-state index contributed by atoms with van der Waals surface area (Å²) in [7, 11) is 1.58. The van der Waals surface area contributed by atoms with E-state index in [0.29, 0.717) is 10.9 Å². The Hall–Kier alpha value is -3.18. The van der Waals surface area contributed by atoms with Crippen LogP contribution in [0, 0.1) is 0 Å². The third kappa shape index (κ3) is 3.43. The number of hydrogen-bond donors (Lipinski definition) is 2. The highest BCUT2D eigenvalue weighted by atomic mass is 16.3. The number of nitrogens with zero attached hydrogens (tertiary/aromatic N) is 1. The van der Waals surface area contributed by atoms with Crippen LogP contribution in [0.1, 0.15) is 22.3 Å². The van der Waals surface area contributed by atoms with Crippen LogP contribution in [0.4, 0.5) is 0 Å². The molecule has 26 heavy (non-hydrogen) atoms. The van der Waals surface area contributed by atoms with Crippen molar-refractivity contribution >= 4 is 22.8 Å². The Balaban J connectivity index is 1.88. The van der Waals surface area contributed by atoms with Gasteiger partial charge in [-0.15, -0.1) is 0 Å². The molecule has 5 heteroatoms. The first-order chi connectivity index (χ1) is 12.5.